The Morgan fingerprint density at radius 1 is 1.33 bits per heavy atom. The fraction of sp³-hybridized carbons (Fsp3) is 0.529. The summed E-state index contributed by atoms with van der Waals surface area (Å²) < 4.78 is 5.12. The number of rotatable bonds is 2. The van der Waals surface area contributed by atoms with Crippen LogP contribution in [0, 0.1) is 23.7 Å². The van der Waals surface area contributed by atoms with Crippen LogP contribution in [0.1, 0.15) is 37.0 Å². The summed E-state index contributed by atoms with van der Waals surface area (Å²) in [4.78, 5) is 17.3. The largest absolute Gasteiger partial charge is 0.504 e. The molecule has 112 valence electrons. The van der Waals surface area contributed by atoms with Gasteiger partial charge in [0.25, 0.3) is 0 Å². The lowest BCUT2D eigenvalue weighted by Gasteiger charge is -2.15. The van der Waals surface area contributed by atoms with Crippen LogP contribution in [-0.2, 0) is 0 Å². The number of phenols is 1. The van der Waals surface area contributed by atoms with Crippen molar-refractivity contribution in [1.82, 2.24) is 0 Å². The van der Waals surface area contributed by atoms with Gasteiger partial charge in [0.15, 0.2) is 17.3 Å². The fourth-order valence-electron chi connectivity index (χ4n) is 3.52. The van der Waals surface area contributed by atoms with Crippen molar-refractivity contribution in [2.45, 2.75) is 26.7 Å². The highest BCUT2D eigenvalue weighted by atomic mass is 16.5. The van der Waals surface area contributed by atoms with Crippen LogP contribution in [0.25, 0.3) is 0 Å². The molecule has 3 rings (SSSR count). The standard InChI is InChI=1S/C17H21NO3/c1-9(2)10-4-11-8-18-14-7-15(19)16(21-3)6-13(14)17(20)12(11)5-10/h6-12,19H,4-5H2,1-3H3. The van der Waals surface area contributed by atoms with Gasteiger partial charge in [-0.3, -0.25) is 9.79 Å². The average molecular weight is 287 g/mol. The van der Waals surface area contributed by atoms with Gasteiger partial charge in [-0.15, -0.1) is 0 Å². The van der Waals surface area contributed by atoms with E-state index in [9.17, 15) is 9.90 Å². The summed E-state index contributed by atoms with van der Waals surface area (Å²) in [6.45, 7) is 4.43. The number of benzene rings is 1. The summed E-state index contributed by atoms with van der Waals surface area (Å²) in [5.41, 5.74) is 1.12. The summed E-state index contributed by atoms with van der Waals surface area (Å²) >= 11 is 0. The van der Waals surface area contributed by atoms with Gasteiger partial charge < -0.3 is 9.84 Å². The Labute approximate surface area is 124 Å². The van der Waals surface area contributed by atoms with Gasteiger partial charge in [-0.1, -0.05) is 13.8 Å². The molecule has 1 saturated carbocycles. The van der Waals surface area contributed by atoms with E-state index in [1.165, 1.54) is 13.2 Å². The molecule has 1 aromatic carbocycles. The van der Waals surface area contributed by atoms with E-state index in [1.54, 1.807) is 6.07 Å². The molecule has 0 amide bonds. The molecule has 1 aliphatic heterocycles. The lowest BCUT2D eigenvalue weighted by atomic mass is 9.88. The first-order valence-electron chi connectivity index (χ1n) is 7.50. The molecule has 0 saturated heterocycles. The number of nitrogens with zero attached hydrogens (tertiary/aromatic N) is 1. The SMILES string of the molecule is COc1cc2c(cc1O)N=CC1CC(C(C)C)CC1C2=O. The molecule has 1 N–H and O–H groups in total. The zero-order chi connectivity index (χ0) is 15.1. The van der Waals surface area contributed by atoms with Gasteiger partial charge in [0, 0.05) is 29.7 Å². The maximum Gasteiger partial charge on any atom is 0.168 e. The third-order valence-electron chi connectivity index (χ3n) is 4.90. The van der Waals surface area contributed by atoms with Gasteiger partial charge in [-0.2, -0.15) is 0 Å². The van der Waals surface area contributed by atoms with Crippen molar-refractivity contribution in [3.05, 3.63) is 17.7 Å². The molecule has 0 aromatic heterocycles. The molecule has 1 heterocycles. The van der Waals surface area contributed by atoms with Crippen molar-refractivity contribution in [2.24, 2.45) is 28.7 Å². The molecule has 1 fully saturated rings. The molecule has 1 aliphatic carbocycles. The average Bonchev–Trinajstić information content (AvgIpc) is 2.84. The van der Waals surface area contributed by atoms with E-state index >= 15 is 0 Å². The third kappa shape index (κ3) is 2.33. The molecule has 2 aliphatic rings. The van der Waals surface area contributed by atoms with Crippen molar-refractivity contribution in [2.75, 3.05) is 7.11 Å². The minimum atomic E-state index is 0.0108. The quantitative estimate of drug-likeness (QED) is 0.904. The number of Topliss-reactive ketones (excluding diaryl/α,β-unsaturated/α-hetero) is 1. The van der Waals surface area contributed by atoms with E-state index in [1.807, 2.05) is 6.21 Å². The minimum Gasteiger partial charge on any atom is -0.504 e. The van der Waals surface area contributed by atoms with Crippen molar-refractivity contribution in [1.29, 1.82) is 0 Å². The molecule has 0 bridgehead atoms. The van der Waals surface area contributed by atoms with Crippen LogP contribution in [0.4, 0.5) is 5.69 Å². The van der Waals surface area contributed by atoms with Crippen LogP contribution in [0.2, 0.25) is 0 Å². The van der Waals surface area contributed by atoms with Crippen LogP contribution >= 0.6 is 0 Å². The Hall–Kier alpha value is -1.84. The number of phenolic OH excluding ortho intramolecular Hbond substituents is 1. The molecular weight excluding hydrogens is 266 g/mol. The molecule has 3 unspecified atom stereocenters. The number of fused-ring (bicyclic) bond motifs is 2. The maximum absolute atomic E-state index is 12.8. The Balaban J connectivity index is 2.00. The zero-order valence-corrected chi connectivity index (χ0v) is 12.7. The van der Waals surface area contributed by atoms with Gasteiger partial charge in [-0.05, 0) is 30.7 Å². The zero-order valence-electron chi connectivity index (χ0n) is 12.7. The predicted octanol–water partition coefficient (Wildman–Crippen LogP) is 3.60. The first kappa shape index (κ1) is 14.1. The second kappa shape index (κ2) is 5.17. The number of ether oxygens (including phenoxy) is 1. The molecule has 0 spiro atoms. The van der Waals surface area contributed by atoms with Crippen LogP contribution < -0.4 is 4.74 Å². The molecule has 21 heavy (non-hydrogen) atoms. The van der Waals surface area contributed by atoms with E-state index in [4.69, 9.17) is 4.74 Å². The smallest absolute Gasteiger partial charge is 0.168 e. The normalized spacial score (nSPS) is 27.4. The van der Waals surface area contributed by atoms with Crippen LogP contribution in [0.3, 0.4) is 0 Å². The van der Waals surface area contributed by atoms with E-state index in [2.05, 4.69) is 18.8 Å². The molecule has 4 heteroatoms. The maximum atomic E-state index is 12.8. The predicted molar refractivity (Wildman–Crippen MR) is 81.7 cm³/mol. The molecule has 0 radical (unpaired) electrons. The van der Waals surface area contributed by atoms with Crippen molar-refractivity contribution in [3.63, 3.8) is 0 Å². The number of methoxy groups -OCH3 is 1. The highest BCUT2D eigenvalue weighted by molar-refractivity contribution is 6.06. The lowest BCUT2D eigenvalue weighted by Crippen LogP contribution is -2.18. The van der Waals surface area contributed by atoms with E-state index in [0.717, 1.165) is 12.8 Å². The van der Waals surface area contributed by atoms with Gasteiger partial charge >= 0.3 is 0 Å². The van der Waals surface area contributed by atoms with Crippen LogP contribution in [0.15, 0.2) is 17.1 Å². The van der Waals surface area contributed by atoms with Gasteiger partial charge in [0.2, 0.25) is 0 Å². The second-order valence-corrected chi connectivity index (χ2v) is 6.43. The minimum absolute atomic E-state index is 0.0108. The summed E-state index contributed by atoms with van der Waals surface area (Å²) in [6, 6.07) is 3.14. The van der Waals surface area contributed by atoms with Crippen LogP contribution in [0.5, 0.6) is 11.5 Å². The van der Waals surface area contributed by atoms with E-state index in [0.29, 0.717) is 28.8 Å². The summed E-state index contributed by atoms with van der Waals surface area (Å²) in [5.74, 6) is 1.88. The first-order chi connectivity index (χ1) is 10.0. The molecular formula is C17H21NO3. The number of carbonyl (C=O) groups is 1. The Morgan fingerprint density at radius 3 is 2.76 bits per heavy atom. The number of hydrogen-bond donors (Lipinski definition) is 1. The van der Waals surface area contributed by atoms with Gasteiger partial charge in [0.05, 0.1) is 12.8 Å². The molecule has 3 atom stereocenters. The van der Waals surface area contributed by atoms with Crippen molar-refractivity contribution in [3.8, 4) is 11.5 Å². The number of aromatic hydroxyl groups is 1. The summed E-state index contributed by atoms with van der Waals surface area (Å²) in [6.07, 6.45) is 3.85. The second-order valence-electron chi connectivity index (χ2n) is 6.43. The third-order valence-corrected chi connectivity index (χ3v) is 4.90. The highest BCUT2D eigenvalue weighted by Gasteiger charge is 2.41. The Morgan fingerprint density at radius 2 is 2.10 bits per heavy atom. The van der Waals surface area contributed by atoms with Crippen molar-refractivity contribution < 1.29 is 14.6 Å². The molecule has 4 nitrogen and oxygen atoms in total. The summed E-state index contributed by atoms with van der Waals surface area (Å²) in [7, 11) is 1.49. The number of hydrogen-bond acceptors (Lipinski definition) is 4. The fourth-order valence-corrected chi connectivity index (χ4v) is 3.52. The topological polar surface area (TPSA) is 58.9 Å². The van der Waals surface area contributed by atoms with Gasteiger partial charge in [0.1, 0.15) is 0 Å². The number of aliphatic imine (C=N–C) groups is 1. The number of ketones is 1. The molecule has 1 aromatic rings. The van der Waals surface area contributed by atoms with Crippen LogP contribution in [-0.4, -0.2) is 24.2 Å². The van der Waals surface area contributed by atoms with E-state index in [-0.39, 0.29) is 23.4 Å². The lowest BCUT2D eigenvalue weighted by molar-refractivity contribution is 0.0908. The number of carbonyl (C=O) groups excluding carboxylic acids is 1. The first-order valence-corrected chi connectivity index (χ1v) is 7.50. The summed E-state index contributed by atoms with van der Waals surface area (Å²) in [5, 5.41) is 9.85. The highest BCUT2D eigenvalue weighted by Crippen LogP contribution is 2.45. The Bertz CT molecular complexity index is 606. The monoisotopic (exact) mass is 287 g/mol. The Kier molecular flexibility index (Phi) is 3.47. The van der Waals surface area contributed by atoms with Gasteiger partial charge in [-0.25, -0.2) is 0 Å². The van der Waals surface area contributed by atoms with Crippen molar-refractivity contribution >= 4 is 17.7 Å². The van der Waals surface area contributed by atoms with E-state index < -0.39 is 0 Å².